The van der Waals surface area contributed by atoms with E-state index in [1.165, 1.54) is 18.3 Å². The van der Waals surface area contributed by atoms with Gasteiger partial charge in [-0.05, 0) is 25.8 Å². The zero-order valence-electron chi connectivity index (χ0n) is 11.9. The van der Waals surface area contributed by atoms with Crippen LogP contribution < -0.4 is 15.4 Å². The summed E-state index contributed by atoms with van der Waals surface area (Å²) in [5.41, 5.74) is 0. The normalized spacial score (nSPS) is 14.7. The van der Waals surface area contributed by atoms with Crippen LogP contribution in [0.1, 0.15) is 19.8 Å². The molecule has 1 aliphatic rings. The molecule has 0 aliphatic heterocycles. The van der Waals surface area contributed by atoms with Gasteiger partial charge >= 0.3 is 0 Å². The van der Waals surface area contributed by atoms with Crippen LogP contribution in [0.4, 0.5) is 5.82 Å². The number of aromatic nitrogens is 1. The number of nitrogens with one attached hydrogen (secondary N) is 3. The van der Waals surface area contributed by atoms with Gasteiger partial charge in [0.2, 0.25) is 15.9 Å². The lowest BCUT2D eigenvalue weighted by Crippen LogP contribution is -2.35. The smallest absolute Gasteiger partial charge is 0.240 e. The summed E-state index contributed by atoms with van der Waals surface area (Å²) in [4.78, 5) is 15.6. The number of hydrogen-bond donors (Lipinski definition) is 3. The summed E-state index contributed by atoms with van der Waals surface area (Å²) in [6.45, 7) is 3.03. The minimum atomic E-state index is -3.58. The van der Waals surface area contributed by atoms with Gasteiger partial charge in [0.1, 0.15) is 5.82 Å². The Hall–Kier alpha value is -1.67. The van der Waals surface area contributed by atoms with E-state index < -0.39 is 10.0 Å². The zero-order valence-corrected chi connectivity index (χ0v) is 12.7. The third kappa shape index (κ3) is 4.68. The number of sulfonamides is 1. The molecule has 1 aromatic heterocycles. The molecule has 0 saturated heterocycles. The number of pyridine rings is 1. The van der Waals surface area contributed by atoms with Gasteiger partial charge in [-0.25, -0.2) is 18.1 Å². The summed E-state index contributed by atoms with van der Waals surface area (Å²) >= 11 is 0. The van der Waals surface area contributed by atoms with Crippen LogP contribution in [0, 0.1) is 5.92 Å². The number of carbonyl (C=O) groups excluding carboxylic acids is 1. The standard InChI is InChI=1S/C13H20N4O3S/c1-2-14-12-9-11(5-6-15-12)21(19,20)17-8-7-16-13(18)10-3-4-10/h5-6,9-10,17H,2-4,7-8H2,1H3,(H,14,15)(H,16,18). The molecule has 0 bridgehead atoms. The van der Waals surface area contributed by atoms with E-state index in [0.29, 0.717) is 18.9 Å². The van der Waals surface area contributed by atoms with Gasteiger partial charge in [-0.1, -0.05) is 0 Å². The fourth-order valence-electron chi connectivity index (χ4n) is 1.80. The largest absolute Gasteiger partial charge is 0.370 e. The highest BCUT2D eigenvalue weighted by Gasteiger charge is 2.29. The first-order chi connectivity index (χ1) is 10.0. The fourth-order valence-corrected chi connectivity index (χ4v) is 2.84. The van der Waals surface area contributed by atoms with Gasteiger partial charge in [0.15, 0.2) is 0 Å². The maximum Gasteiger partial charge on any atom is 0.240 e. The molecule has 0 aromatic carbocycles. The summed E-state index contributed by atoms with van der Waals surface area (Å²) in [6, 6.07) is 2.92. The summed E-state index contributed by atoms with van der Waals surface area (Å²) in [7, 11) is -3.58. The van der Waals surface area contributed by atoms with Crippen molar-refractivity contribution >= 4 is 21.7 Å². The van der Waals surface area contributed by atoms with E-state index in [4.69, 9.17) is 0 Å². The molecule has 0 unspecified atom stereocenters. The zero-order chi connectivity index (χ0) is 15.3. The second-order valence-corrected chi connectivity index (χ2v) is 6.64. The highest BCUT2D eigenvalue weighted by Crippen LogP contribution is 2.28. The Morgan fingerprint density at radius 3 is 2.81 bits per heavy atom. The Labute approximate surface area is 124 Å². The van der Waals surface area contributed by atoms with Crippen LogP contribution in [-0.4, -0.2) is 38.9 Å². The number of anilines is 1. The van der Waals surface area contributed by atoms with Crippen molar-refractivity contribution in [2.75, 3.05) is 25.0 Å². The van der Waals surface area contributed by atoms with Gasteiger partial charge in [-0.2, -0.15) is 0 Å². The number of amides is 1. The second-order valence-electron chi connectivity index (χ2n) is 4.87. The average Bonchev–Trinajstić information content (AvgIpc) is 3.29. The van der Waals surface area contributed by atoms with E-state index in [-0.39, 0.29) is 23.3 Å². The van der Waals surface area contributed by atoms with E-state index in [2.05, 4.69) is 20.3 Å². The Morgan fingerprint density at radius 2 is 2.14 bits per heavy atom. The van der Waals surface area contributed by atoms with Crippen LogP contribution in [0.15, 0.2) is 23.2 Å². The molecule has 0 atom stereocenters. The number of carbonyl (C=O) groups is 1. The molecule has 1 aromatic rings. The second kappa shape index (κ2) is 6.86. The van der Waals surface area contributed by atoms with E-state index in [9.17, 15) is 13.2 Å². The average molecular weight is 312 g/mol. The quantitative estimate of drug-likeness (QED) is 0.600. The monoisotopic (exact) mass is 312 g/mol. The molecule has 3 N–H and O–H groups in total. The first-order valence-electron chi connectivity index (χ1n) is 7.00. The maximum absolute atomic E-state index is 12.1. The molecule has 21 heavy (non-hydrogen) atoms. The lowest BCUT2D eigenvalue weighted by atomic mass is 10.4. The van der Waals surface area contributed by atoms with Crippen molar-refractivity contribution in [2.45, 2.75) is 24.7 Å². The Bertz CT molecular complexity index is 599. The molecular formula is C13H20N4O3S. The first kappa shape index (κ1) is 15.7. The van der Waals surface area contributed by atoms with Gasteiger partial charge in [-0.3, -0.25) is 4.79 Å². The molecular weight excluding hydrogens is 292 g/mol. The van der Waals surface area contributed by atoms with E-state index in [0.717, 1.165) is 12.8 Å². The van der Waals surface area contributed by atoms with Crippen molar-refractivity contribution in [3.05, 3.63) is 18.3 Å². The maximum atomic E-state index is 12.1. The van der Waals surface area contributed by atoms with Gasteiger partial charge in [0, 0.05) is 37.8 Å². The van der Waals surface area contributed by atoms with E-state index >= 15 is 0 Å². The van der Waals surface area contributed by atoms with Crippen molar-refractivity contribution in [3.8, 4) is 0 Å². The summed E-state index contributed by atoms with van der Waals surface area (Å²) in [5.74, 6) is 0.652. The van der Waals surface area contributed by atoms with Crippen molar-refractivity contribution in [3.63, 3.8) is 0 Å². The molecule has 0 spiro atoms. The number of hydrogen-bond acceptors (Lipinski definition) is 5. The lowest BCUT2D eigenvalue weighted by molar-refractivity contribution is -0.122. The van der Waals surface area contributed by atoms with Crippen molar-refractivity contribution in [1.82, 2.24) is 15.0 Å². The van der Waals surface area contributed by atoms with Crippen LogP contribution >= 0.6 is 0 Å². The van der Waals surface area contributed by atoms with Gasteiger partial charge in [0.25, 0.3) is 0 Å². The highest BCUT2D eigenvalue weighted by atomic mass is 32.2. The minimum absolute atomic E-state index is 0.00698. The van der Waals surface area contributed by atoms with Crippen molar-refractivity contribution < 1.29 is 13.2 Å². The number of nitrogens with zero attached hydrogens (tertiary/aromatic N) is 1. The predicted molar refractivity (Wildman–Crippen MR) is 79.3 cm³/mol. The van der Waals surface area contributed by atoms with Gasteiger partial charge < -0.3 is 10.6 Å². The predicted octanol–water partition coefficient (Wildman–Crippen LogP) is 0.318. The van der Waals surface area contributed by atoms with Crippen molar-refractivity contribution in [2.24, 2.45) is 5.92 Å². The van der Waals surface area contributed by atoms with E-state index in [1.54, 1.807) is 0 Å². The van der Waals surface area contributed by atoms with E-state index in [1.807, 2.05) is 6.92 Å². The third-order valence-corrected chi connectivity index (χ3v) is 4.52. The van der Waals surface area contributed by atoms with Gasteiger partial charge in [0.05, 0.1) is 4.90 Å². The summed E-state index contributed by atoms with van der Waals surface area (Å²) in [6.07, 6.45) is 3.31. The molecule has 1 saturated carbocycles. The number of rotatable bonds is 8. The molecule has 1 fully saturated rings. The molecule has 1 heterocycles. The molecule has 116 valence electrons. The molecule has 8 heteroatoms. The Morgan fingerprint density at radius 1 is 1.38 bits per heavy atom. The molecule has 1 amide bonds. The first-order valence-corrected chi connectivity index (χ1v) is 8.48. The van der Waals surface area contributed by atoms with Crippen LogP contribution in [-0.2, 0) is 14.8 Å². The molecule has 7 nitrogen and oxygen atoms in total. The SMILES string of the molecule is CCNc1cc(S(=O)(=O)NCCNC(=O)C2CC2)ccn1. The van der Waals surface area contributed by atoms with Gasteiger partial charge in [-0.15, -0.1) is 0 Å². The Balaban J connectivity index is 1.85. The summed E-state index contributed by atoms with van der Waals surface area (Å²) < 4.78 is 26.7. The molecule has 1 aliphatic carbocycles. The van der Waals surface area contributed by atoms with Crippen LogP contribution in [0.3, 0.4) is 0 Å². The minimum Gasteiger partial charge on any atom is -0.370 e. The molecule has 0 radical (unpaired) electrons. The highest BCUT2D eigenvalue weighted by molar-refractivity contribution is 7.89. The van der Waals surface area contributed by atoms with Crippen LogP contribution in [0.5, 0.6) is 0 Å². The van der Waals surface area contributed by atoms with Crippen molar-refractivity contribution in [1.29, 1.82) is 0 Å². The third-order valence-electron chi connectivity index (χ3n) is 3.06. The topological polar surface area (TPSA) is 100 Å². The Kier molecular flexibility index (Phi) is 5.13. The fraction of sp³-hybridized carbons (Fsp3) is 0.538. The van der Waals surface area contributed by atoms with Crippen LogP contribution in [0.2, 0.25) is 0 Å². The lowest BCUT2D eigenvalue weighted by Gasteiger charge is -2.09. The summed E-state index contributed by atoms with van der Waals surface area (Å²) in [5, 5.41) is 5.67. The molecule has 2 rings (SSSR count). The van der Waals surface area contributed by atoms with Crippen LogP contribution in [0.25, 0.3) is 0 Å².